The third kappa shape index (κ3) is 1.37. The van der Waals surface area contributed by atoms with Crippen LogP contribution >= 0.6 is 11.8 Å². The Labute approximate surface area is 98.7 Å². The number of rotatable bonds is 1. The number of hydrogen-bond acceptors (Lipinski definition) is 2. The summed E-state index contributed by atoms with van der Waals surface area (Å²) in [5.41, 5.74) is 2.49. The van der Waals surface area contributed by atoms with Gasteiger partial charge in [0.25, 0.3) is 0 Å². The van der Waals surface area contributed by atoms with E-state index in [1.807, 2.05) is 0 Å². The minimum absolute atomic E-state index is 0.224. The van der Waals surface area contributed by atoms with E-state index in [4.69, 9.17) is 0 Å². The molecule has 0 saturated heterocycles. The van der Waals surface area contributed by atoms with Gasteiger partial charge in [0, 0.05) is 5.75 Å². The van der Waals surface area contributed by atoms with Crippen molar-refractivity contribution in [3.05, 3.63) is 24.3 Å². The maximum Gasteiger partial charge on any atom is 0.319 e. The molecule has 3 rings (SSSR count). The largest absolute Gasteiger partial charge is 0.388 e. The van der Waals surface area contributed by atoms with Gasteiger partial charge >= 0.3 is 5.16 Å². The molecule has 1 aliphatic rings. The summed E-state index contributed by atoms with van der Waals surface area (Å²) in [6.07, 6.45) is -0.224. The first-order chi connectivity index (χ1) is 7.81. The molecule has 1 unspecified atom stereocenters. The van der Waals surface area contributed by atoms with Gasteiger partial charge in [-0.25, -0.2) is 9.13 Å². The van der Waals surface area contributed by atoms with Crippen molar-refractivity contribution in [2.45, 2.75) is 31.3 Å². The smallest absolute Gasteiger partial charge is 0.319 e. The summed E-state index contributed by atoms with van der Waals surface area (Å²) in [7, 11) is 0. The molecule has 84 valence electrons. The molecule has 0 fully saturated rings. The molecule has 0 radical (unpaired) electrons. The minimum atomic E-state index is -0.224. The van der Waals surface area contributed by atoms with Crippen LogP contribution in [0.4, 0.5) is 0 Å². The van der Waals surface area contributed by atoms with Crippen LogP contribution < -0.4 is 4.57 Å². The van der Waals surface area contributed by atoms with Crippen molar-refractivity contribution >= 4 is 22.8 Å². The number of para-hydroxylation sites is 2. The molecule has 1 aliphatic heterocycles. The third-order valence-corrected chi connectivity index (χ3v) is 4.29. The Bertz CT molecular complexity index is 535. The Balaban J connectivity index is 2.31. The monoisotopic (exact) mass is 235 g/mol. The highest BCUT2D eigenvalue weighted by Gasteiger charge is 2.30. The highest BCUT2D eigenvalue weighted by atomic mass is 32.2. The van der Waals surface area contributed by atoms with Crippen LogP contribution in [0.15, 0.2) is 29.4 Å². The van der Waals surface area contributed by atoms with E-state index in [2.05, 4.69) is 40.3 Å². The van der Waals surface area contributed by atoms with E-state index in [-0.39, 0.29) is 6.10 Å². The maximum absolute atomic E-state index is 9.75. The highest BCUT2D eigenvalue weighted by Crippen LogP contribution is 2.26. The van der Waals surface area contributed by atoms with E-state index in [9.17, 15) is 5.11 Å². The Hall–Kier alpha value is -1.00. The first-order valence-electron chi connectivity index (χ1n) is 5.63. The van der Waals surface area contributed by atoms with E-state index in [0.29, 0.717) is 0 Å². The number of fused-ring (bicyclic) bond motifs is 3. The third-order valence-electron chi connectivity index (χ3n) is 3.04. The van der Waals surface area contributed by atoms with E-state index >= 15 is 0 Å². The van der Waals surface area contributed by atoms with Crippen LogP contribution in [0.5, 0.6) is 0 Å². The van der Waals surface area contributed by atoms with Gasteiger partial charge in [-0.2, -0.15) is 0 Å². The molecule has 0 bridgehead atoms. The molecule has 1 aromatic carbocycles. The van der Waals surface area contributed by atoms with Crippen LogP contribution in [0, 0.1) is 0 Å². The number of aliphatic hydroxyl groups is 1. The number of aryl methyl sites for hydroxylation is 1. The zero-order valence-corrected chi connectivity index (χ0v) is 10.1. The predicted octanol–water partition coefficient (Wildman–Crippen LogP) is 1.42. The molecule has 1 N–H and O–H groups in total. The molecule has 0 saturated carbocycles. The lowest BCUT2D eigenvalue weighted by atomic mass is 10.3. The zero-order valence-electron chi connectivity index (χ0n) is 9.26. The fraction of sp³-hybridized carbons (Fsp3) is 0.417. The number of thioether (sulfide) groups is 1. The molecular weight excluding hydrogens is 220 g/mol. The minimum Gasteiger partial charge on any atom is -0.388 e. The molecule has 2 aromatic rings. The second-order valence-corrected chi connectivity index (χ2v) is 5.08. The van der Waals surface area contributed by atoms with Crippen molar-refractivity contribution in [2.24, 2.45) is 0 Å². The Morgan fingerprint density at radius 2 is 2.31 bits per heavy atom. The molecule has 1 atom stereocenters. The zero-order chi connectivity index (χ0) is 11.1. The Morgan fingerprint density at radius 1 is 1.50 bits per heavy atom. The summed E-state index contributed by atoms with van der Waals surface area (Å²) < 4.78 is 4.56. The van der Waals surface area contributed by atoms with Crippen LogP contribution in [0.3, 0.4) is 0 Å². The number of hydrogen-bond donors (Lipinski definition) is 1. The van der Waals surface area contributed by atoms with E-state index in [1.54, 1.807) is 11.8 Å². The summed E-state index contributed by atoms with van der Waals surface area (Å²) in [6.45, 7) is 3.86. The molecule has 0 spiro atoms. The van der Waals surface area contributed by atoms with Crippen LogP contribution in [-0.2, 0) is 13.1 Å². The quantitative estimate of drug-likeness (QED) is 0.757. The second-order valence-electron chi connectivity index (χ2n) is 4.09. The van der Waals surface area contributed by atoms with Crippen molar-refractivity contribution < 1.29 is 9.67 Å². The Kier molecular flexibility index (Phi) is 2.41. The van der Waals surface area contributed by atoms with Crippen molar-refractivity contribution in [3.63, 3.8) is 0 Å². The van der Waals surface area contributed by atoms with Crippen molar-refractivity contribution in [2.75, 3.05) is 5.75 Å². The van der Waals surface area contributed by atoms with Gasteiger partial charge in [-0.05, 0) is 30.8 Å². The van der Waals surface area contributed by atoms with Gasteiger partial charge in [-0.1, -0.05) is 12.1 Å². The average molecular weight is 235 g/mol. The van der Waals surface area contributed by atoms with Crippen LogP contribution in [0.2, 0.25) is 0 Å². The van der Waals surface area contributed by atoms with Gasteiger partial charge in [-0.3, -0.25) is 0 Å². The standard InChI is InChI=1S/C12H15N2OS/c1-2-13-10-5-3-4-6-11(10)14-7-9(15)8-16-12(13)14/h3-6,9,15H,2,7-8H2,1H3/q+1. The SMILES string of the molecule is CCn1c2[n+](c3ccccc31)CC(O)CS2. The number of benzene rings is 1. The first kappa shape index (κ1) is 10.2. The Morgan fingerprint density at radius 3 is 3.12 bits per heavy atom. The normalized spacial score (nSPS) is 20.0. The fourth-order valence-corrected chi connectivity index (χ4v) is 3.50. The molecule has 0 amide bonds. The lowest BCUT2D eigenvalue weighted by molar-refractivity contribution is -0.718. The molecule has 2 heterocycles. The molecule has 0 aliphatic carbocycles. The van der Waals surface area contributed by atoms with Crippen LogP contribution in [0.25, 0.3) is 11.0 Å². The number of nitrogens with zero attached hydrogens (tertiary/aromatic N) is 2. The van der Waals surface area contributed by atoms with Gasteiger partial charge < -0.3 is 5.11 Å². The number of imidazole rings is 1. The van der Waals surface area contributed by atoms with E-state index in [1.165, 1.54) is 16.2 Å². The summed E-state index contributed by atoms with van der Waals surface area (Å²) in [5, 5.41) is 11.0. The fourth-order valence-electron chi connectivity index (χ4n) is 2.34. The molecule has 1 aromatic heterocycles. The number of aliphatic hydroxyl groups excluding tert-OH is 1. The summed E-state index contributed by atoms with van der Waals surface area (Å²) >= 11 is 1.75. The summed E-state index contributed by atoms with van der Waals surface area (Å²) in [6, 6.07) is 8.41. The highest BCUT2D eigenvalue weighted by molar-refractivity contribution is 7.99. The first-order valence-corrected chi connectivity index (χ1v) is 6.61. The molecular formula is C12H15N2OS+. The van der Waals surface area contributed by atoms with Gasteiger partial charge in [0.2, 0.25) is 0 Å². The predicted molar refractivity (Wildman–Crippen MR) is 64.5 cm³/mol. The summed E-state index contributed by atoms with van der Waals surface area (Å²) in [5.74, 6) is 0.802. The topological polar surface area (TPSA) is 29.0 Å². The van der Waals surface area contributed by atoms with Gasteiger partial charge in [-0.15, -0.1) is 0 Å². The lowest BCUT2D eigenvalue weighted by Gasteiger charge is -2.14. The lowest BCUT2D eigenvalue weighted by Crippen LogP contribution is -2.45. The van der Waals surface area contributed by atoms with Crippen LogP contribution in [-0.4, -0.2) is 21.5 Å². The molecule has 4 heteroatoms. The van der Waals surface area contributed by atoms with Crippen LogP contribution in [0.1, 0.15) is 6.92 Å². The average Bonchev–Trinajstić information content (AvgIpc) is 2.62. The van der Waals surface area contributed by atoms with Gasteiger partial charge in [0.05, 0.1) is 6.54 Å². The van der Waals surface area contributed by atoms with Crippen molar-refractivity contribution in [3.8, 4) is 0 Å². The second kappa shape index (κ2) is 3.79. The molecule has 16 heavy (non-hydrogen) atoms. The summed E-state index contributed by atoms with van der Waals surface area (Å²) in [4.78, 5) is 0. The van der Waals surface area contributed by atoms with E-state index in [0.717, 1.165) is 18.8 Å². The molecule has 3 nitrogen and oxygen atoms in total. The van der Waals surface area contributed by atoms with Crippen molar-refractivity contribution in [1.29, 1.82) is 0 Å². The van der Waals surface area contributed by atoms with Gasteiger partial charge in [0.15, 0.2) is 11.0 Å². The number of aromatic nitrogens is 2. The maximum atomic E-state index is 9.75. The van der Waals surface area contributed by atoms with Gasteiger partial charge in [0.1, 0.15) is 12.6 Å². The van der Waals surface area contributed by atoms with E-state index < -0.39 is 0 Å². The van der Waals surface area contributed by atoms with Crippen molar-refractivity contribution in [1.82, 2.24) is 4.57 Å².